The molecular weight excluding hydrogens is 588 g/mol. The lowest BCUT2D eigenvalue weighted by atomic mass is 9.42. The Morgan fingerprint density at radius 3 is 2.18 bits per heavy atom. The molecule has 45 heavy (non-hydrogen) atoms. The molecule has 246 valence electrons. The van der Waals surface area contributed by atoms with Crippen molar-refractivity contribution < 1.29 is 57.9 Å². The molecule has 0 aromatic heterocycles. The normalized spacial score (nSPS) is 53.7. The molecular formula is C33H42O12. The summed E-state index contributed by atoms with van der Waals surface area (Å²) in [6, 6.07) is 0. The minimum atomic E-state index is -1.94. The highest BCUT2D eigenvalue weighted by Crippen LogP contribution is 2.73. The SMILES string of the molecule is CC(=O)O[C@H]1[C@H]2[C@H]([C@H](C)C=C3OC(=O)[C@@](C)(O)[C@@H]32)[C@@]2(C)[C@@H]1[C@@H]1[C@@H](O)C(=O)[C@H]3C[C@@H]4O[C@@H]4[C@H](OC(C)=O)[C@@]3(C)[C@H]1C[C@@H]2OC(C)=O. The average molecular weight is 631 g/mol. The number of epoxide rings is 1. The lowest BCUT2D eigenvalue weighted by Gasteiger charge is -2.63. The van der Waals surface area contributed by atoms with Crippen molar-refractivity contribution in [1.82, 2.24) is 0 Å². The third kappa shape index (κ3) is 3.91. The van der Waals surface area contributed by atoms with E-state index in [9.17, 15) is 34.2 Å². The summed E-state index contributed by atoms with van der Waals surface area (Å²) in [6.45, 7) is 11.1. The predicted octanol–water partition coefficient (Wildman–Crippen LogP) is 1.48. The lowest BCUT2D eigenvalue weighted by molar-refractivity contribution is -0.235. The molecule has 0 aromatic rings. The van der Waals surface area contributed by atoms with Crippen molar-refractivity contribution in [3.8, 4) is 0 Å². The summed E-state index contributed by atoms with van der Waals surface area (Å²) in [6.07, 6.45) is -2.23. The first-order valence-electron chi connectivity index (χ1n) is 16.0. The van der Waals surface area contributed by atoms with Crippen LogP contribution in [0.15, 0.2) is 11.8 Å². The largest absolute Gasteiger partial charge is 0.462 e. The zero-order valence-corrected chi connectivity index (χ0v) is 26.6. The molecule has 2 aliphatic heterocycles. The Morgan fingerprint density at radius 1 is 0.911 bits per heavy atom. The molecule has 6 fully saturated rings. The third-order valence-electron chi connectivity index (χ3n) is 13.0. The second-order valence-electron chi connectivity index (χ2n) is 15.2. The maximum absolute atomic E-state index is 14.2. The monoisotopic (exact) mass is 630 g/mol. The molecule has 2 heterocycles. The Labute approximate surface area is 261 Å². The maximum atomic E-state index is 14.2. The van der Waals surface area contributed by atoms with Crippen LogP contribution in [0.2, 0.25) is 0 Å². The van der Waals surface area contributed by atoms with Crippen LogP contribution in [0.4, 0.5) is 0 Å². The van der Waals surface area contributed by atoms with E-state index in [1.165, 1.54) is 27.7 Å². The van der Waals surface area contributed by atoms with Gasteiger partial charge in [-0.3, -0.25) is 19.2 Å². The van der Waals surface area contributed by atoms with Gasteiger partial charge in [-0.2, -0.15) is 0 Å². The quantitative estimate of drug-likeness (QED) is 0.261. The van der Waals surface area contributed by atoms with E-state index < -0.39 is 112 Å². The molecule has 0 spiro atoms. The molecule has 2 saturated heterocycles. The molecule has 12 nitrogen and oxygen atoms in total. The first-order chi connectivity index (χ1) is 20.9. The number of aliphatic hydroxyl groups excluding tert-OH is 1. The first kappa shape index (κ1) is 30.8. The molecule has 2 N–H and O–H groups in total. The van der Waals surface area contributed by atoms with Gasteiger partial charge >= 0.3 is 23.9 Å². The van der Waals surface area contributed by atoms with E-state index in [4.69, 9.17) is 23.7 Å². The van der Waals surface area contributed by atoms with Crippen LogP contribution >= 0.6 is 0 Å². The van der Waals surface area contributed by atoms with Crippen molar-refractivity contribution >= 4 is 29.7 Å². The van der Waals surface area contributed by atoms with Gasteiger partial charge in [0.2, 0.25) is 0 Å². The van der Waals surface area contributed by atoms with E-state index in [1.54, 1.807) is 0 Å². The smallest absolute Gasteiger partial charge is 0.343 e. The molecule has 12 heteroatoms. The average Bonchev–Trinajstić information content (AvgIpc) is 3.60. The number of hydrogen-bond donors (Lipinski definition) is 2. The fraction of sp³-hybridized carbons (Fsp3) is 0.788. The summed E-state index contributed by atoms with van der Waals surface area (Å²) < 4.78 is 29.7. The minimum Gasteiger partial charge on any atom is -0.462 e. The minimum absolute atomic E-state index is 0.250. The Balaban J connectivity index is 1.44. The van der Waals surface area contributed by atoms with Gasteiger partial charge in [0.15, 0.2) is 11.4 Å². The Kier molecular flexibility index (Phi) is 6.57. The van der Waals surface area contributed by atoms with Gasteiger partial charge in [-0.15, -0.1) is 0 Å². The van der Waals surface area contributed by atoms with E-state index in [2.05, 4.69) is 0 Å². The molecule has 5 aliphatic carbocycles. The molecule has 4 saturated carbocycles. The third-order valence-corrected chi connectivity index (χ3v) is 13.0. The number of allylic oxidation sites excluding steroid dienone is 1. The zero-order chi connectivity index (χ0) is 32.7. The number of aliphatic hydroxyl groups is 2. The Hall–Kier alpha value is -2.83. The van der Waals surface area contributed by atoms with E-state index in [0.717, 1.165) is 0 Å². The summed E-state index contributed by atoms with van der Waals surface area (Å²) in [5, 5.41) is 23.6. The maximum Gasteiger partial charge on any atom is 0.343 e. The summed E-state index contributed by atoms with van der Waals surface area (Å²) in [5.41, 5.74) is -3.91. The predicted molar refractivity (Wildman–Crippen MR) is 150 cm³/mol. The number of carbonyl (C=O) groups excluding carboxylic acids is 5. The second-order valence-corrected chi connectivity index (χ2v) is 15.2. The van der Waals surface area contributed by atoms with Crippen LogP contribution < -0.4 is 0 Å². The van der Waals surface area contributed by atoms with Gasteiger partial charge in [-0.1, -0.05) is 20.8 Å². The van der Waals surface area contributed by atoms with Crippen LogP contribution in [0.3, 0.4) is 0 Å². The van der Waals surface area contributed by atoms with Gasteiger partial charge in [-0.05, 0) is 43.6 Å². The van der Waals surface area contributed by atoms with Gasteiger partial charge in [0.25, 0.3) is 0 Å². The van der Waals surface area contributed by atoms with Crippen molar-refractivity contribution in [2.75, 3.05) is 0 Å². The van der Waals surface area contributed by atoms with E-state index in [0.29, 0.717) is 12.2 Å². The van der Waals surface area contributed by atoms with Gasteiger partial charge in [0.05, 0.1) is 12.0 Å². The van der Waals surface area contributed by atoms with Gasteiger partial charge < -0.3 is 33.9 Å². The zero-order valence-electron chi connectivity index (χ0n) is 26.6. The van der Waals surface area contributed by atoms with Gasteiger partial charge in [0, 0.05) is 55.3 Å². The van der Waals surface area contributed by atoms with Crippen LogP contribution in [0.5, 0.6) is 0 Å². The molecule has 0 unspecified atom stereocenters. The van der Waals surface area contributed by atoms with Crippen molar-refractivity contribution in [2.45, 2.75) is 104 Å². The fourth-order valence-corrected chi connectivity index (χ4v) is 11.6. The number of Topliss-reactive ketones (excluding diaryl/α,β-unsaturated/α-hetero) is 1. The Bertz CT molecular complexity index is 1420. The van der Waals surface area contributed by atoms with Crippen LogP contribution in [-0.2, 0) is 47.7 Å². The van der Waals surface area contributed by atoms with Crippen LogP contribution in [-0.4, -0.2) is 82.1 Å². The summed E-state index contributed by atoms with van der Waals surface area (Å²) in [5.74, 6) is -7.51. The second kappa shape index (κ2) is 9.60. The van der Waals surface area contributed by atoms with Crippen molar-refractivity contribution in [3.63, 3.8) is 0 Å². The summed E-state index contributed by atoms with van der Waals surface area (Å²) in [4.78, 5) is 65.2. The highest BCUT2D eigenvalue weighted by atomic mass is 16.6. The number of rotatable bonds is 3. The van der Waals surface area contributed by atoms with Crippen LogP contribution in [0.25, 0.3) is 0 Å². The van der Waals surface area contributed by atoms with Crippen LogP contribution in [0.1, 0.15) is 61.3 Å². The number of esters is 4. The molecule has 17 atom stereocenters. The van der Waals surface area contributed by atoms with Gasteiger partial charge in [0.1, 0.15) is 36.3 Å². The first-order valence-corrected chi connectivity index (χ1v) is 16.0. The summed E-state index contributed by atoms with van der Waals surface area (Å²) in [7, 11) is 0. The molecule has 0 aromatic carbocycles. The van der Waals surface area contributed by atoms with Crippen molar-refractivity contribution in [2.24, 2.45) is 58.2 Å². The topological polar surface area (TPSA) is 175 Å². The standard InChI is InChI=1S/C33H42O12/c1-11-8-17-23(33(7,40)30(39)45-17)21-22(11)32(6)19(41-12(2)34)10-15-20(24(32)28(21)42-13(3)35)26(38)25(37)16-9-18-27(44-18)29(31(15,16)5)43-14(4)36/h8,11,15-16,18-24,26-29,38,40H,9-10H2,1-7H3/t11-,15+,16-,18+,19+,20-,21+,22+,23+,24-,26-,27+,28+,29+,31+,32+,33+/m1/s1. The van der Waals surface area contributed by atoms with Gasteiger partial charge in [-0.25, -0.2) is 4.79 Å². The molecule has 0 bridgehead atoms. The Morgan fingerprint density at radius 2 is 1.56 bits per heavy atom. The summed E-state index contributed by atoms with van der Waals surface area (Å²) >= 11 is 0. The molecule has 0 radical (unpaired) electrons. The number of carbonyl (C=O) groups is 5. The van der Waals surface area contributed by atoms with Crippen molar-refractivity contribution in [3.05, 3.63) is 11.8 Å². The molecule has 7 aliphatic rings. The lowest BCUT2D eigenvalue weighted by Crippen LogP contribution is -2.70. The number of ketones is 1. The number of hydrogen-bond acceptors (Lipinski definition) is 12. The van der Waals surface area contributed by atoms with Crippen LogP contribution in [0, 0.1) is 58.2 Å². The van der Waals surface area contributed by atoms with E-state index >= 15 is 0 Å². The molecule has 0 amide bonds. The number of fused-ring (bicyclic) bond motifs is 10. The fourth-order valence-electron chi connectivity index (χ4n) is 11.6. The molecule has 7 rings (SSSR count). The van der Waals surface area contributed by atoms with Crippen molar-refractivity contribution in [1.29, 1.82) is 0 Å². The number of ether oxygens (including phenoxy) is 5. The van der Waals surface area contributed by atoms with E-state index in [1.807, 2.05) is 26.8 Å². The van der Waals surface area contributed by atoms with E-state index in [-0.39, 0.29) is 24.2 Å². The highest BCUT2D eigenvalue weighted by Gasteiger charge is 2.79. The highest BCUT2D eigenvalue weighted by molar-refractivity contribution is 5.88.